The Bertz CT molecular complexity index is 350. The van der Waals surface area contributed by atoms with Crippen LogP contribution in [0.5, 0.6) is 0 Å². The molecule has 0 saturated heterocycles. The molecule has 13 heavy (non-hydrogen) atoms. The molecule has 0 saturated carbocycles. The third kappa shape index (κ3) is 2.12. The van der Waals surface area contributed by atoms with E-state index < -0.39 is 6.03 Å². The van der Waals surface area contributed by atoms with E-state index in [9.17, 15) is 4.79 Å². The summed E-state index contributed by atoms with van der Waals surface area (Å²) in [7, 11) is 0. The maximum atomic E-state index is 10.6. The predicted molar refractivity (Wildman–Crippen MR) is 54.1 cm³/mol. The van der Waals surface area contributed by atoms with Crippen molar-refractivity contribution in [3.05, 3.63) is 28.3 Å². The number of hydrogen-bond acceptors (Lipinski definition) is 1. The monoisotopic (exact) mass is 198 g/mol. The highest BCUT2D eigenvalue weighted by Gasteiger charge is 2.06. The number of nitrogens with two attached hydrogens (primary N) is 1. The number of hydrogen-bond donors (Lipinski definition) is 2. The molecule has 3 N–H and O–H groups in total. The highest BCUT2D eigenvalue weighted by molar-refractivity contribution is 6.34. The number of urea groups is 1. The lowest BCUT2D eigenvalue weighted by molar-refractivity contribution is 0.259. The Morgan fingerprint density at radius 3 is 2.62 bits per heavy atom. The number of halogens is 1. The zero-order valence-corrected chi connectivity index (χ0v) is 8.27. The Morgan fingerprint density at radius 1 is 1.46 bits per heavy atom. The maximum Gasteiger partial charge on any atom is 0.316 e. The lowest BCUT2D eigenvalue weighted by Crippen LogP contribution is -2.19. The highest BCUT2D eigenvalue weighted by atomic mass is 35.5. The average molecular weight is 199 g/mol. The van der Waals surface area contributed by atoms with E-state index in [1.807, 2.05) is 19.9 Å². The largest absolute Gasteiger partial charge is 0.351 e. The zero-order chi connectivity index (χ0) is 10.0. The van der Waals surface area contributed by atoms with Crippen LogP contribution in [-0.4, -0.2) is 6.03 Å². The summed E-state index contributed by atoms with van der Waals surface area (Å²) in [5.41, 5.74) is 7.56. The molecule has 0 spiro atoms. The van der Waals surface area contributed by atoms with Gasteiger partial charge in [-0.05, 0) is 31.0 Å². The Balaban J connectivity index is 3.10. The summed E-state index contributed by atoms with van der Waals surface area (Å²) in [6.07, 6.45) is 0. The maximum absolute atomic E-state index is 10.6. The van der Waals surface area contributed by atoms with Crippen molar-refractivity contribution >= 4 is 23.3 Å². The molecule has 4 heteroatoms. The Labute approximate surface area is 81.9 Å². The smallest absolute Gasteiger partial charge is 0.316 e. The summed E-state index contributed by atoms with van der Waals surface area (Å²) in [5, 5.41) is 2.99. The van der Waals surface area contributed by atoms with E-state index in [4.69, 9.17) is 17.3 Å². The predicted octanol–water partition coefficient (Wildman–Crippen LogP) is 2.45. The highest BCUT2D eigenvalue weighted by Crippen LogP contribution is 2.27. The summed E-state index contributed by atoms with van der Waals surface area (Å²) in [5.74, 6) is 0. The molecule has 0 aliphatic carbocycles. The molecule has 0 atom stereocenters. The van der Waals surface area contributed by atoms with Crippen LogP contribution >= 0.6 is 11.6 Å². The lowest BCUT2D eigenvalue weighted by Gasteiger charge is -2.08. The first-order valence-electron chi connectivity index (χ1n) is 3.84. The van der Waals surface area contributed by atoms with Crippen LogP contribution in [0.4, 0.5) is 10.5 Å². The fourth-order valence-electron chi connectivity index (χ4n) is 1.01. The third-order valence-corrected chi connectivity index (χ3v) is 2.40. The molecule has 0 bridgehead atoms. The second-order valence-electron chi connectivity index (χ2n) is 2.86. The first-order valence-corrected chi connectivity index (χ1v) is 4.22. The minimum Gasteiger partial charge on any atom is -0.351 e. The van der Waals surface area contributed by atoms with E-state index in [-0.39, 0.29) is 0 Å². The molecule has 3 nitrogen and oxygen atoms in total. The van der Waals surface area contributed by atoms with Gasteiger partial charge in [0.1, 0.15) is 0 Å². The fourth-order valence-corrected chi connectivity index (χ4v) is 1.27. The van der Waals surface area contributed by atoms with Crippen molar-refractivity contribution in [3.63, 3.8) is 0 Å². The normalized spacial score (nSPS) is 9.77. The van der Waals surface area contributed by atoms with E-state index in [0.29, 0.717) is 10.7 Å². The summed E-state index contributed by atoms with van der Waals surface area (Å²) >= 11 is 5.97. The first-order chi connectivity index (χ1) is 6.02. The van der Waals surface area contributed by atoms with Crippen LogP contribution in [-0.2, 0) is 0 Å². The molecule has 2 amide bonds. The molecule has 0 aliphatic heterocycles. The second-order valence-corrected chi connectivity index (χ2v) is 3.24. The lowest BCUT2D eigenvalue weighted by atomic mass is 10.1. The van der Waals surface area contributed by atoms with Crippen LogP contribution in [0.15, 0.2) is 12.1 Å². The van der Waals surface area contributed by atoms with E-state index in [2.05, 4.69) is 5.32 Å². The van der Waals surface area contributed by atoms with Gasteiger partial charge in [0, 0.05) is 0 Å². The van der Waals surface area contributed by atoms with Gasteiger partial charge in [0.05, 0.1) is 10.7 Å². The van der Waals surface area contributed by atoms with Gasteiger partial charge in [0.15, 0.2) is 0 Å². The molecule has 0 unspecified atom stereocenters. The third-order valence-electron chi connectivity index (χ3n) is 1.92. The van der Waals surface area contributed by atoms with Gasteiger partial charge in [0.2, 0.25) is 0 Å². The number of rotatable bonds is 1. The number of carbonyl (C=O) groups excluding carboxylic acids is 1. The number of benzene rings is 1. The van der Waals surface area contributed by atoms with E-state index >= 15 is 0 Å². The van der Waals surface area contributed by atoms with Crippen molar-refractivity contribution in [2.45, 2.75) is 13.8 Å². The molecule has 0 radical (unpaired) electrons. The summed E-state index contributed by atoms with van der Waals surface area (Å²) in [6.45, 7) is 3.85. The van der Waals surface area contributed by atoms with Crippen LogP contribution in [0.1, 0.15) is 11.1 Å². The molecular formula is C9H11ClN2O. The molecule has 1 aromatic rings. The zero-order valence-electron chi connectivity index (χ0n) is 7.52. The van der Waals surface area contributed by atoms with Crippen molar-refractivity contribution in [1.82, 2.24) is 0 Å². The summed E-state index contributed by atoms with van der Waals surface area (Å²) in [4.78, 5) is 10.6. The molecule has 0 aromatic heterocycles. The molecule has 1 rings (SSSR count). The SMILES string of the molecule is Cc1ccc(NC(N)=O)c(Cl)c1C. The van der Waals surface area contributed by atoms with Crippen molar-refractivity contribution in [2.75, 3.05) is 5.32 Å². The second kappa shape index (κ2) is 3.66. The number of carbonyl (C=O) groups is 1. The van der Waals surface area contributed by atoms with Gasteiger partial charge in [-0.1, -0.05) is 17.7 Å². The molecule has 1 aromatic carbocycles. The van der Waals surface area contributed by atoms with Crippen LogP contribution in [0, 0.1) is 13.8 Å². The number of primary amides is 1. The van der Waals surface area contributed by atoms with Gasteiger partial charge in [-0.15, -0.1) is 0 Å². The van der Waals surface area contributed by atoms with Gasteiger partial charge < -0.3 is 11.1 Å². The van der Waals surface area contributed by atoms with Crippen LogP contribution < -0.4 is 11.1 Å². The average Bonchev–Trinajstić information content (AvgIpc) is 2.06. The molecular weight excluding hydrogens is 188 g/mol. The Hall–Kier alpha value is -1.22. The van der Waals surface area contributed by atoms with Gasteiger partial charge in [-0.25, -0.2) is 4.79 Å². The van der Waals surface area contributed by atoms with Gasteiger partial charge in [0.25, 0.3) is 0 Å². The van der Waals surface area contributed by atoms with Crippen molar-refractivity contribution in [3.8, 4) is 0 Å². The van der Waals surface area contributed by atoms with Gasteiger partial charge >= 0.3 is 6.03 Å². The van der Waals surface area contributed by atoms with Crippen molar-refractivity contribution < 1.29 is 4.79 Å². The number of amides is 2. The molecule has 0 aliphatic rings. The van der Waals surface area contributed by atoms with Gasteiger partial charge in [-0.2, -0.15) is 0 Å². The van der Waals surface area contributed by atoms with E-state index in [1.54, 1.807) is 6.07 Å². The van der Waals surface area contributed by atoms with Crippen molar-refractivity contribution in [1.29, 1.82) is 0 Å². The van der Waals surface area contributed by atoms with Crippen LogP contribution in [0.25, 0.3) is 0 Å². The van der Waals surface area contributed by atoms with Gasteiger partial charge in [-0.3, -0.25) is 0 Å². The molecule has 0 heterocycles. The number of aryl methyl sites for hydroxylation is 1. The number of anilines is 1. The summed E-state index contributed by atoms with van der Waals surface area (Å²) in [6, 6.07) is 3.01. The minimum atomic E-state index is -0.606. The fraction of sp³-hybridized carbons (Fsp3) is 0.222. The molecule has 0 fully saturated rings. The van der Waals surface area contributed by atoms with E-state index in [1.165, 1.54) is 0 Å². The van der Waals surface area contributed by atoms with Crippen molar-refractivity contribution in [2.24, 2.45) is 5.73 Å². The van der Waals surface area contributed by atoms with Crippen LogP contribution in [0.3, 0.4) is 0 Å². The Morgan fingerprint density at radius 2 is 2.08 bits per heavy atom. The standard InChI is InChI=1S/C9H11ClN2O/c1-5-3-4-7(12-9(11)13)8(10)6(5)2/h3-4H,1-2H3,(H3,11,12,13). The topological polar surface area (TPSA) is 55.1 Å². The Kier molecular flexibility index (Phi) is 2.78. The number of nitrogens with one attached hydrogen (secondary N) is 1. The van der Waals surface area contributed by atoms with E-state index in [0.717, 1.165) is 11.1 Å². The van der Waals surface area contributed by atoms with Crippen LogP contribution in [0.2, 0.25) is 5.02 Å². The molecule has 70 valence electrons. The first kappa shape index (κ1) is 9.86. The quantitative estimate of drug-likeness (QED) is 0.716. The minimum absolute atomic E-state index is 0.541. The summed E-state index contributed by atoms with van der Waals surface area (Å²) < 4.78 is 0.